The molecular weight excluding hydrogens is 247 g/mol. The molecule has 2 aromatic rings. The number of benzene rings is 2. The van der Waals surface area contributed by atoms with Gasteiger partial charge in [-0.15, -0.1) is 0 Å². The molecule has 0 unspecified atom stereocenters. The SMILES string of the molecule is CC1(C)CC(c2ccccc2)=C(c2ccc(F)cc2)C1. The summed E-state index contributed by atoms with van der Waals surface area (Å²) < 4.78 is 13.1. The second kappa shape index (κ2) is 4.90. The summed E-state index contributed by atoms with van der Waals surface area (Å²) in [5.41, 5.74) is 5.48. The molecule has 0 aliphatic heterocycles. The summed E-state index contributed by atoms with van der Waals surface area (Å²) in [6.45, 7) is 4.60. The Hall–Kier alpha value is -1.89. The molecule has 0 fully saturated rings. The zero-order chi connectivity index (χ0) is 14.2. The number of hydrogen-bond donors (Lipinski definition) is 0. The molecule has 1 aliphatic rings. The molecule has 0 bridgehead atoms. The molecule has 0 saturated carbocycles. The van der Waals surface area contributed by atoms with Crippen LogP contribution in [0.3, 0.4) is 0 Å². The minimum Gasteiger partial charge on any atom is -0.207 e. The third-order valence-corrected chi connectivity index (χ3v) is 3.99. The summed E-state index contributed by atoms with van der Waals surface area (Å²) in [5, 5.41) is 0. The number of allylic oxidation sites excluding steroid dienone is 2. The van der Waals surface area contributed by atoms with Crippen molar-refractivity contribution in [3.63, 3.8) is 0 Å². The van der Waals surface area contributed by atoms with Crippen molar-refractivity contribution in [1.82, 2.24) is 0 Å². The largest absolute Gasteiger partial charge is 0.207 e. The Kier molecular flexibility index (Phi) is 3.21. The maximum Gasteiger partial charge on any atom is 0.123 e. The zero-order valence-corrected chi connectivity index (χ0v) is 12.0. The van der Waals surface area contributed by atoms with Gasteiger partial charge in [-0.05, 0) is 52.7 Å². The highest BCUT2D eigenvalue weighted by atomic mass is 19.1. The fraction of sp³-hybridized carbons (Fsp3) is 0.263. The van der Waals surface area contributed by atoms with Crippen LogP contribution in [-0.4, -0.2) is 0 Å². The van der Waals surface area contributed by atoms with Gasteiger partial charge in [-0.1, -0.05) is 56.3 Å². The quantitative estimate of drug-likeness (QED) is 0.668. The van der Waals surface area contributed by atoms with Crippen LogP contribution in [-0.2, 0) is 0 Å². The Labute approximate surface area is 120 Å². The van der Waals surface area contributed by atoms with E-state index in [4.69, 9.17) is 0 Å². The molecule has 0 atom stereocenters. The van der Waals surface area contributed by atoms with E-state index in [2.05, 4.69) is 38.1 Å². The van der Waals surface area contributed by atoms with Gasteiger partial charge >= 0.3 is 0 Å². The molecule has 0 heterocycles. The minimum absolute atomic E-state index is 0.173. The monoisotopic (exact) mass is 266 g/mol. The van der Waals surface area contributed by atoms with Crippen LogP contribution in [0.15, 0.2) is 54.6 Å². The zero-order valence-electron chi connectivity index (χ0n) is 12.0. The molecule has 0 spiro atoms. The number of halogens is 1. The lowest BCUT2D eigenvalue weighted by Crippen LogP contribution is -2.05. The van der Waals surface area contributed by atoms with Gasteiger partial charge in [-0.2, -0.15) is 0 Å². The lowest BCUT2D eigenvalue weighted by Gasteiger charge is -2.17. The minimum atomic E-state index is -0.173. The highest BCUT2D eigenvalue weighted by Crippen LogP contribution is 2.49. The maximum absolute atomic E-state index is 13.1. The van der Waals surface area contributed by atoms with E-state index in [1.54, 1.807) is 12.1 Å². The Morgan fingerprint density at radius 2 is 1.25 bits per heavy atom. The van der Waals surface area contributed by atoms with E-state index in [-0.39, 0.29) is 11.2 Å². The van der Waals surface area contributed by atoms with Crippen LogP contribution in [0, 0.1) is 11.2 Å². The first-order valence-electron chi connectivity index (χ1n) is 7.09. The standard InChI is InChI=1S/C19H19F/c1-19(2)12-17(14-6-4-3-5-7-14)18(13-19)15-8-10-16(20)11-9-15/h3-11H,12-13H2,1-2H3. The third-order valence-electron chi connectivity index (χ3n) is 3.99. The molecule has 0 nitrogen and oxygen atoms in total. The first-order valence-corrected chi connectivity index (χ1v) is 7.09. The molecule has 0 saturated heterocycles. The average molecular weight is 266 g/mol. The first-order chi connectivity index (χ1) is 9.55. The van der Waals surface area contributed by atoms with E-state index in [1.807, 2.05) is 18.2 Å². The Balaban J connectivity index is 2.10. The second-order valence-corrected chi connectivity index (χ2v) is 6.35. The molecule has 0 amide bonds. The van der Waals surface area contributed by atoms with Crippen molar-refractivity contribution in [2.75, 3.05) is 0 Å². The van der Waals surface area contributed by atoms with Crippen LogP contribution in [0.25, 0.3) is 11.1 Å². The first kappa shape index (κ1) is 13.1. The fourth-order valence-corrected chi connectivity index (χ4v) is 3.08. The van der Waals surface area contributed by atoms with E-state index in [1.165, 1.54) is 16.7 Å². The van der Waals surface area contributed by atoms with Gasteiger partial charge in [0.25, 0.3) is 0 Å². The summed E-state index contributed by atoms with van der Waals surface area (Å²) >= 11 is 0. The van der Waals surface area contributed by atoms with E-state index in [0.717, 1.165) is 18.4 Å². The van der Waals surface area contributed by atoms with Crippen molar-refractivity contribution in [3.05, 3.63) is 71.5 Å². The lowest BCUT2D eigenvalue weighted by atomic mass is 9.87. The predicted molar refractivity (Wildman–Crippen MR) is 82.7 cm³/mol. The van der Waals surface area contributed by atoms with Crippen LogP contribution in [0.2, 0.25) is 0 Å². The van der Waals surface area contributed by atoms with Gasteiger partial charge in [-0.3, -0.25) is 0 Å². The summed E-state index contributed by atoms with van der Waals surface area (Å²) in [6.07, 6.45) is 2.12. The molecule has 102 valence electrons. The summed E-state index contributed by atoms with van der Waals surface area (Å²) in [4.78, 5) is 0. The molecule has 20 heavy (non-hydrogen) atoms. The van der Waals surface area contributed by atoms with Crippen LogP contribution in [0.1, 0.15) is 37.8 Å². The van der Waals surface area contributed by atoms with Crippen molar-refractivity contribution in [2.45, 2.75) is 26.7 Å². The van der Waals surface area contributed by atoms with E-state index in [0.29, 0.717) is 0 Å². The number of rotatable bonds is 2. The topological polar surface area (TPSA) is 0 Å². The summed E-state index contributed by atoms with van der Waals surface area (Å²) in [6, 6.07) is 17.4. The van der Waals surface area contributed by atoms with Crippen LogP contribution in [0.5, 0.6) is 0 Å². The molecule has 1 heteroatoms. The highest BCUT2D eigenvalue weighted by Gasteiger charge is 2.31. The fourth-order valence-electron chi connectivity index (χ4n) is 3.08. The predicted octanol–water partition coefficient (Wildman–Crippen LogP) is 5.56. The average Bonchev–Trinajstić information content (AvgIpc) is 2.77. The molecule has 3 rings (SSSR count). The molecule has 0 N–H and O–H groups in total. The molecule has 0 aromatic heterocycles. The van der Waals surface area contributed by atoms with Gasteiger partial charge in [0.2, 0.25) is 0 Å². The van der Waals surface area contributed by atoms with Gasteiger partial charge in [0.05, 0.1) is 0 Å². The summed E-state index contributed by atoms with van der Waals surface area (Å²) in [5.74, 6) is -0.173. The molecular formula is C19H19F. The van der Waals surface area contributed by atoms with Gasteiger partial charge in [-0.25, -0.2) is 4.39 Å². The third kappa shape index (κ3) is 2.53. The van der Waals surface area contributed by atoms with Crippen molar-refractivity contribution in [3.8, 4) is 0 Å². The summed E-state index contributed by atoms with van der Waals surface area (Å²) in [7, 11) is 0. The number of hydrogen-bond acceptors (Lipinski definition) is 0. The molecule has 1 aliphatic carbocycles. The normalized spacial score (nSPS) is 17.6. The van der Waals surface area contributed by atoms with Crippen LogP contribution < -0.4 is 0 Å². The van der Waals surface area contributed by atoms with Crippen molar-refractivity contribution < 1.29 is 4.39 Å². The van der Waals surface area contributed by atoms with Crippen LogP contribution >= 0.6 is 0 Å². The van der Waals surface area contributed by atoms with Gasteiger partial charge in [0, 0.05) is 0 Å². The molecule has 2 aromatic carbocycles. The van der Waals surface area contributed by atoms with E-state index in [9.17, 15) is 4.39 Å². The maximum atomic E-state index is 13.1. The van der Waals surface area contributed by atoms with Crippen molar-refractivity contribution >= 4 is 11.1 Å². The van der Waals surface area contributed by atoms with Crippen molar-refractivity contribution in [1.29, 1.82) is 0 Å². The Bertz CT molecular complexity index is 633. The van der Waals surface area contributed by atoms with E-state index >= 15 is 0 Å². The van der Waals surface area contributed by atoms with Gasteiger partial charge in [0.15, 0.2) is 0 Å². The van der Waals surface area contributed by atoms with E-state index < -0.39 is 0 Å². The lowest BCUT2D eigenvalue weighted by molar-refractivity contribution is 0.406. The Morgan fingerprint density at radius 3 is 1.80 bits per heavy atom. The van der Waals surface area contributed by atoms with Crippen LogP contribution in [0.4, 0.5) is 4.39 Å². The van der Waals surface area contributed by atoms with Crippen molar-refractivity contribution in [2.24, 2.45) is 5.41 Å². The van der Waals surface area contributed by atoms with Gasteiger partial charge < -0.3 is 0 Å². The molecule has 0 radical (unpaired) electrons. The second-order valence-electron chi connectivity index (χ2n) is 6.35. The Morgan fingerprint density at radius 1 is 0.750 bits per heavy atom. The smallest absolute Gasteiger partial charge is 0.123 e. The highest BCUT2D eigenvalue weighted by molar-refractivity contribution is 5.93. The van der Waals surface area contributed by atoms with Gasteiger partial charge in [0.1, 0.15) is 5.82 Å².